The number of nitrogens with zero attached hydrogens (tertiary/aromatic N) is 3. The van der Waals surface area contributed by atoms with E-state index in [0.717, 1.165) is 38.4 Å². The average molecular weight is 489 g/mol. The van der Waals surface area contributed by atoms with Crippen molar-refractivity contribution in [3.63, 3.8) is 0 Å². The fourth-order valence-corrected chi connectivity index (χ4v) is 4.34. The highest BCUT2D eigenvalue weighted by atomic mass is 16.6. The number of hydrogen-bond acceptors (Lipinski definition) is 7. The molecule has 9 nitrogen and oxygen atoms in total. The Morgan fingerprint density at radius 1 is 0.972 bits per heavy atom. The molecule has 4 rings (SSSR count). The standard InChI is InChI=1S/C27H28N4O5/c1-19-16-21(8-10-24(19)31(34)35)26(32)28-23-17-22(27(33)36-2)9-11-25(23)30-14-12-29(13-15-30)18-20-6-4-3-5-7-20/h3-11,16-17H,12-15,18H2,1-2H3,(H,28,32). The Kier molecular flexibility index (Phi) is 7.60. The van der Waals surface area contributed by atoms with Crippen molar-refractivity contribution in [1.82, 2.24) is 4.90 Å². The zero-order valence-electron chi connectivity index (χ0n) is 20.3. The minimum Gasteiger partial charge on any atom is -0.465 e. The van der Waals surface area contributed by atoms with Gasteiger partial charge in [-0.1, -0.05) is 30.3 Å². The van der Waals surface area contributed by atoms with Gasteiger partial charge in [-0.15, -0.1) is 0 Å². The van der Waals surface area contributed by atoms with Gasteiger partial charge in [0.15, 0.2) is 0 Å². The molecule has 186 valence electrons. The first-order chi connectivity index (χ1) is 17.4. The van der Waals surface area contributed by atoms with E-state index < -0.39 is 16.8 Å². The molecule has 1 N–H and O–H groups in total. The molecule has 0 radical (unpaired) electrons. The number of carbonyl (C=O) groups is 2. The maximum atomic E-state index is 13.1. The number of carbonyl (C=O) groups excluding carboxylic acids is 2. The van der Waals surface area contributed by atoms with Crippen LogP contribution in [-0.2, 0) is 11.3 Å². The molecule has 0 spiro atoms. The Bertz CT molecular complexity index is 1270. The summed E-state index contributed by atoms with van der Waals surface area (Å²) in [5.41, 5.74) is 3.50. The summed E-state index contributed by atoms with van der Waals surface area (Å²) < 4.78 is 4.85. The maximum Gasteiger partial charge on any atom is 0.337 e. The first-order valence-electron chi connectivity index (χ1n) is 11.7. The summed E-state index contributed by atoms with van der Waals surface area (Å²) in [6, 6.07) is 19.6. The summed E-state index contributed by atoms with van der Waals surface area (Å²) in [4.78, 5) is 40.4. The number of piperazine rings is 1. The molecule has 1 heterocycles. The number of nitro benzene ring substituents is 1. The second kappa shape index (κ2) is 11.0. The molecule has 1 amide bonds. The second-order valence-corrected chi connectivity index (χ2v) is 8.68. The highest BCUT2D eigenvalue weighted by Gasteiger charge is 2.22. The van der Waals surface area contributed by atoms with Crippen molar-refractivity contribution in [2.24, 2.45) is 0 Å². The van der Waals surface area contributed by atoms with Gasteiger partial charge in [-0.2, -0.15) is 0 Å². The van der Waals surface area contributed by atoms with E-state index in [9.17, 15) is 19.7 Å². The van der Waals surface area contributed by atoms with Crippen molar-refractivity contribution in [1.29, 1.82) is 0 Å². The number of aryl methyl sites for hydroxylation is 1. The topological polar surface area (TPSA) is 105 Å². The summed E-state index contributed by atoms with van der Waals surface area (Å²) in [7, 11) is 1.31. The molecule has 0 atom stereocenters. The van der Waals surface area contributed by atoms with Gasteiger partial charge in [0, 0.05) is 49.9 Å². The minimum atomic E-state index is -0.504. The van der Waals surface area contributed by atoms with Gasteiger partial charge >= 0.3 is 5.97 Å². The highest BCUT2D eigenvalue weighted by molar-refractivity contribution is 6.07. The third-order valence-electron chi connectivity index (χ3n) is 6.28. The molecule has 36 heavy (non-hydrogen) atoms. The van der Waals surface area contributed by atoms with E-state index in [4.69, 9.17) is 4.74 Å². The van der Waals surface area contributed by atoms with Crippen LogP contribution in [0.3, 0.4) is 0 Å². The van der Waals surface area contributed by atoms with Gasteiger partial charge in [0.1, 0.15) is 0 Å². The smallest absolute Gasteiger partial charge is 0.337 e. The summed E-state index contributed by atoms with van der Waals surface area (Å²) in [6.45, 7) is 5.67. The molecular formula is C27H28N4O5. The fourth-order valence-electron chi connectivity index (χ4n) is 4.34. The van der Waals surface area contributed by atoms with Crippen LogP contribution in [0.2, 0.25) is 0 Å². The van der Waals surface area contributed by atoms with Crippen molar-refractivity contribution in [2.45, 2.75) is 13.5 Å². The molecule has 0 saturated carbocycles. The molecular weight excluding hydrogens is 460 g/mol. The normalized spacial score (nSPS) is 13.8. The Hall–Kier alpha value is -4.24. The van der Waals surface area contributed by atoms with E-state index in [1.807, 2.05) is 24.3 Å². The number of ether oxygens (including phenoxy) is 1. The Labute approximate surface area is 209 Å². The predicted octanol–water partition coefficient (Wildman–Crippen LogP) is 4.26. The molecule has 9 heteroatoms. The summed E-state index contributed by atoms with van der Waals surface area (Å²) in [6.07, 6.45) is 0. The van der Waals surface area contributed by atoms with Crippen LogP contribution in [-0.4, -0.2) is 55.0 Å². The number of hydrogen-bond donors (Lipinski definition) is 1. The van der Waals surface area contributed by atoms with Crippen LogP contribution in [0.5, 0.6) is 0 Å². The van der Waals surface area contributed by atoms with Gasteiger partial charge in [0.05, 0.1) is 29.0 Å². The van der Waals surface area contributed by atoms with Crippen molar-refractivity contribution in [3.8, 4) is 0 Å². The van der Waals surface area contributed by atoms with E-state index >= 15 is 0 Å². The molecule has 1 fully saturated rings. The van der Waals surface area contributed by atoms with E-state index in [1.54, 1.807) is 19.1 Å². The quantitative estimate of drug-likeness (QED) is 0.301. The first-order valence-corrected chi connectivity index (χ1v) is 11.7. The van der Waals surface area contributed by atoms with Gasteiger partial charge in [-0.05, 0) is 42.8 Å². The highest BCUT2D eigenvalue weighted by Crippen LogP contribution is 2.30. The molecule has 0 aliphatic carbocycles. The summed E-state index contributed by atoms with van der Waals surface area (Å²) in [5.74, 6) is -0.921. The maximum absolute atomic E-state index is 13.1. The van der Waals surface area contributed by atoms with Crippen LogP contribution in [0.25, 0.3) is 0 Å². The zero-order valence-corrected chi connectivity index (χ0v) is 20.3. The van der Waals surface area contributed by atoms with E-state index in [1.165, 1.54) is 30.9 Å². The van der Waals surface area contributed by atoms with Crippen molar-refractivity contribution in [2.75, 3.05) is 43.5 Å². The summed E-state index contributed by atoms with van der Waals surface area (Å²) >= 11 is 0. The third-order valence-corrected chi connectivity index (χ3v) is 6.28. The van der Waals surface area contributed by atoms with Crippen molar-refractivity contribution >= 4 is 28.9 Å². The number of anilines is 2. The number of benzene rings is 3. The van der Waals surface area contributed by atoms with Gasteiger partial charge in [-0.3, -0.25) is 19.8 Å². The lowest BCUT2D eigenvalue weighted by atomic mass is 10.1. The SMILES string of the molecule is COC(=O)c1ccc(N2CCN(Cc3ccccc3)CC2)c(NC(=O)c2ccc([N+](=O)[O-])c(C)c2)c1. The number of nitrogens with one attached hydrogen (secondary N) is 1. The van der Waals surface area contributed by atoms with Crippen LogP contribution in [0.4, 0.5) is 17.1 Å². The molecule has 3 aromatic carbocycles. The fraction of sp³-hybridized carbons (Fsp3) is 0.259. The monoisotopic (exact) mass is 488 g/mol. The Balaban J connectivity index is 1.53. The van der Waals surface area contributed by atoms with Crippen LogP contribution in [0.15, 0.2) is 66.7 Å². The van der Waals surface area contributed by atoms with E-state index in [-0.39, 0.29) is 5.69 Å². The molecule has 1 saturated heterocycles. The van der Waals surface area contributed by atoms with E-state index in [2.05, 4.69) is 27.2 Å². The number of rotatable bonds is 7. The van der Waals surface area contributed by atoms with E-state index in [0.29, 0.717) is 22.4 Å². The van der Waals surface area contributed by atoms with Crippen LogP contribution in [0.1, 0.15) is 31.8 Å². The number of methoxy groups -OCH3 is 1. The van der Waals surface area contributed by atoms with Gasteiger partial charge in [0.25, 0.3) is 11.6 Å². The molecule has 3 aromatic rings. The lowest BCUT2D eigenvalue weighted by Gasteiger charge is -2.37. The zero-order chi connectivity index (χ0) is 25.7. The minimum absolute atomic E-state index is 0.0479. The summed E-state index contributed by atoms with van der Waals surface area (Å²) in [5, 5.41) is 14.0. The van der Waals surface area contributed by atoms with Crippen LogP contribution in [0, 0.1) is 17.0 Å². The van der Waals surface area contributed by atoms with Gasteiger partial charge in [0.2, 0.25) is 0 Å². The lowest BCUT2D eigenvalue weighted by molar-refractivity contribution is -0.385. The number of amides is 1. The molecule has 0 bridgehead atoms. The lowest BCUT2D eigenvalue weighted by Crippen LogP contribution is -2.46. The van der Waals surface area contributed by atoms with Crippen LogP contribution < -0.4 is 10.2 Å². The molecule has 1 aliphatic heterocycles. The first kappa shape index (κ1) is 24.9. The van der Waals surface area contributed by atoms with Gasteiger partial charge < -0.3 is 15.0 Å². The molecule has 1 aliphatic rings. The Morgan fingerprint density at radius 3 is 2.31 bits per heavy atom. The number of esters is 1. The third kappa shape index (κ3) is 5.69. The van der Waals surface area contributed by atoms with Gasteiger partial charge in [-0.25, -0.2) is 4.79 Å². The predicted molar refractivity (Wildman–Crippen MR) is 138 cm³/mol. The molecule has 0 unspecified atom stereocenters. The second-order valence-electron chi connectivity index (χ2n) is 8.68. The average Bonchev–Trinajstić information content (AvgIpc) is 2.89. The Morgan fingerprint density at radius 2 is 1.67 bits per heavy atom. The largest absolute Gasteiger partial charge is 0.465 e. The van der Waals surface area contributed by atoms with Crippen LogP contribution >= 0.6 is 0 Å². The molecule has 0 aromatic heterocycles. The number of nitro groups is 1. The van der Waals surface area contributed by atoms with Crippen molar-refractivity contribution < 1.29 is 19.2 Å². The van der Waals surface area contributed by atoms with Crippen molar-refractivity contribution in [3.05, 3.63) is 99.1 Å².